The van der Waals surface area contributed by atoms with Gasteiger partial charge in [-0.1, -0.05) is 29.3 Å². The summed E-state index contributed by atoms with van der Waals surface area (Å²) in [5, 5.41) is 9.84. The molecule has 116 valence electrons. The van der Waals surface area contributed by atoms with Crippen molar-refractivity contribution in [1.82, 2.24) is 14.8 Å². The standard InChI is InChI=1S/C15H16ClN3O2S/c1-4-9-22-15-18-17-13(10-14(20-2)21-3)19(15)12-7-5-11(16)6-8-12/h1,5-8,14H,9-10H2,2-3H3. The van der Waals surface area contributed by atoms with Crippen molar-refractivity contribution < 1.29 is 9.47 Å². The van der Waals surface area contributed by atoms with Gasteiger partial charge in [-0.3, -0.25) is 4.57 Å². The highest BCUT2D eigenvalue weighted by molar-refractivity contribution is 7.99. The van der Waals surface area contributed by atoms with Gasteiger partial charge in [0.15, 0.2) is 11.4 Å². The van der Waals surface area contributed by atoms with Crippen LogP contribution >= 0.6 is 23.4 Å². The second-order valence-corrected chi connectivity index (χ2v) is 5.69. The van der Waals surface area contributed by atoms with Gasteiger partial charge in [-0.15, -0.1) is 16.6 Å². The molecule has 2 aromatic rings. The van der Waals surface area contributed by atoms with Gasteiger partial charge in [-0.05, 0) is 24.3 Å². The van der Waals surface area contributed by atoms with Crippen LogP contribution in [0.2, 0.25) is 5.02 Å². The Balaban J connectivity index is 2.39. The number of thioether (sulfide) groups is 1. The predicted octanol–water partition coefficient (Wildman–Crippen LogP) is 2.81. The average Bonchev–Trinajstić information content (AvgIpc) is 2.94. The van der Waals surface area contributed by atoms with Crippen LogP contribution < -0.4 is 0 Å². The molecule has 0 fully saturated rings. The number of benzene rings is 1. The van der Waals surface area contributed by atoms with Crippen molar-refractivity contribution in [3.63, 3.8) is 0 Å². The zero-order valence-corrected chi connectivity index (χ0v) is 13.9. The topological polar surface area (TPSA) is 49.2 Å². The zero-order valence-electron chi connectivity index (χ0n) is 12.3. The normalized spacial score (nSPS) is 10.9. The maximum Gasteiger partial charge on any atom is 0.196 e. The summed E-state index contributed by atoms with van der Waals surface area (Å²) in [4.78, 5) is 0. The highest BCUT2D eigenvalue weighted by Crippen LogP contribution is 2.24. The SMILES string of the molecule is C#CCSc1nnc(CC(OC)OC)n1-c1ccc(Cl)cc1. The van der Waals surface area contributed by atoms with Gasteiger partial charge in [0.1, 0.15) is 5.82 Å². The van der Waals surface area contributed by atoms with Gasteiger partial charge in [0.2, 0.25) is 0 Å². The smallest absolute Gasteiger partial charge is 0.196 e. The molecule has 2 rings (SSSR count). The summed E-state index contributed by atoms with van der Waals surface area (Å²) in [5.41, 5.74) is 0.912. The Labute approximate surface area is 139 Å². The van der Waals surface area contributed by atoms with Gasteiger partial charge in [0, 0.05) is 24.9 Å². The lowest BCUT2D eigenvalue weighted by Crippen LogP contribution is -2.19. The van der Waals surface area contributed by atoms with Crippen LogP contribution in [-0.4, -0.2) is 41.0 Å². The first kappa shape index (κ1) is 16.8. The minimum Gasteiger partial charge on any atom is -0.355 e. The molecule has 0 unspecified atom stereocenters. The number of terminal acetylenes is 1. The molecule has 7 heteroatoms. The van der Waals surface area contributed by atoms with Crippen LogP contribution in [0, 0.1) is 12.3 Å². The number of methoxy groups -OCH3 is 2. The van der Waals surface area contributed by atoms with E-state index in [0.29, 0.717) is 17.2 Å². The molecular weight excluding hydrogens is 322 g/mol. The lowest BCUT2D eigenvalue weighted by molar-refractivity contribution is -0.101. The number of hydrogen-bond acceptors (Lipinski definition) is 5. The van der Waals surface area contributed by atoms with Crippen molar-refractivity contribution in [3.8, 4) is 18.0 Å². The molecule has 0 N–H and O–H groups in total. The summed E-state index contributed by atoms with van der Waals surface area (Å²) in [7, 11) is 3.18. The molecule has 1 aromatic heterocycles. The van der Waals surface area contributed by atoms with Crippen molar-refractivity contribution >= 4 is 23.4 Å². The number of halogens is 1. The summed E-state index contributed by atoms with van der Waals surface area (Å²) in [6.07, 6.45) is 5.41. The number of hydrogen-bond donors (Lipinski definition) is 0. The van der Waals surface area contributed by atoms with E-state index in [-0.39, 0.29) is 6.29 Å². The second-order valence-electron chi connectivity index (χ2n) is 4.31. The molecule has 0 aliphatic carbocycles. The maximum absolute atomic E-state index is 5.95. The minimum atomic E-state index is -0.388. The molecule has 0 bridgehead atoms. The third kappa shape index (κ3) is 4.02. The molecule has 0 spiro atoms. The van der Waals surface area contributed by atoms with Crippen LogP contribution in [0.1, 0.15) is 5.82 Å². The fourth-order valence-corrected chi connectivity index (χ4v) is 2.67. The van der Waals surface area contributed by atoms with E-state index >= 15 is 0 Å². The first-order valence-corrected chi connectivity index (χ1v) is 7.88. The van der Waals surface area contributed by atoms with Gasteiger partial charge in [-0.2, -0.15) is 0 Å². The molecule has 22 heavy (non-hydrogen) atoms. The monoisotopic (exact) mass is 337 g/mol. The third-order valence-electron chi connectivity index (χ3n) is 2.94. The fraction of sp³-hybridized carbons (Fsp3) is 0.333. The van der Waals surface area contributed by atoms with Gasteiger partial charge >= 0.3 is 0 Å². The van der Waals surface area contributed by atoms with Gasteiger partial charge < -0.3 is 9.47 Å². The molecule has 0 aliphatic rings. The molecule has 0 saturated carbocycles. The Morgan fingerprint density at radius 1 is 1.27 bits per heavy atom. The summed E-state index contributed by atoms with van der Waals surface area (Å²) in [5.74, 6) is 3.84. The zero-order chi connectivity index (χ0) is 15.9. The molecule has 0 radical (unpaired) electrons. The molecular formula is C15H16ClN3O2S. The Morgan fingerprint density at radius 2 is 1.95 bits per heavy atom. The van der Waals surface area contributed by atoms with E-state index in [9.17, 15) is 0 Å². The molecule has 0 amide bonds. The highest BCUT2D eigenvalue weighted by atomic mass is 35.5. The van der Waals surface area contributed by atoms with Crippen molar-refractivity contribution in [2.45, 2.75) is 17.9 Å². The Morgan fingerprint density at radius 3 is 2.55 bits per heavy atom. The lowest BCUT2D eigenvalue weighted by Gasteiger charge is -2.14. The lowest BCUT2D eigenvalue weighted by atomic mass is 10.3. The average molecular weight is 338 g/mol. The molecule has 1 heterocycles. The first-order valence-electron chi connectivity index (χ1n) is 6.51. The van der Waals surface area contributed by atoms with E-state index < -0.39 is 0 Å². The molecule has 5 nitrogen and oxygen atoms in total. The highest BCUT2D eigenvalue weighted by Gasteiger charge is 2.18. The van der Waals surface area contributed by atoms with E-state index in [4.69, 9.17) is 27.5 Å². The summed E-state index contributed by atoms with van der Waals surface area (Å²) in [6.45, 7) is 0. The van der Waals surface area contributed by atoms with Gasteiger partial charge in [0.25, 0.3) is 0 Å². The van der Waals surface area contributed by atoms with E-state index in [1.807, 2.05) is 28.8 Å². The van der Waals surface area contributed by atoms with Crippen molar-refractivity contribution in [1.29, 1.82) is 0 Å². The molecule has 1 aromatic carbocycles. The summed E-state index contributed by atoms with van der Waals surface area (Å²) in [6, 6.07) is 7.45. The second kappa shape index (κ2) is 8.20. The molecule has 0 aliphatic heterocycles. The van der Waals surface area contributed by atoms with E-state index in [0.717, 1.165) is 16.7 Å². The Kier molecular flexibility index (Phi) is 6.28. The number of aromatic nitrogens is 3. The van der Waals surface area contributed by atoms with Crippen molar-refractivity contribution in [3.05, 3.63) is 35.1 Å². The molecule has 0 saturated heterocycles. The van der Waals surface area contributed by atoms with Gasteiger partial charge in [-0.25, -0.2) is 0 Å². The quantitative estimate of drug-likeness (QED) is 0.442. The summed E-state index contributed by atoms with van der Waals surface area (Å²) >= 11 is 7.40. The number of ether oxygens (including phenoxy) is 2. The van der Waals surface area contributed by atoms with E-state index in [1.165, 1.54) is 11.8 Å². The predicted molar refractivity (Wildman–Crippen MR) is 87.4 cm³/mol. The molecule has 0 atom stereocenters. The van der Waals surface area contributed by atoms with Crippen molar-refractivity contribution in [2.75, 3.05) is 20.0 Å². The van der Waals surface area contributed by atoms with E-state index in [2.05, 4.69) is 16.1 Å². The first-order chi connectivity index (χ1) is 10.7. The minimum absolute atomic E-state index is 0.388. The van der Waals surface area contributed by atoms with Crippen LogP contribution in [0.4, 0.5) is 0 Å². The third-order valence-corrected chi connectivity index (χ3v) is 4.03. The van der Waals surface area contributed by atoms with Crippen LogP contribution in [-0.2, 0) is 15.9 Å². The van der Waals surface area contributed by atoms with Crippen LogP contribution in [0.25, 0.3) is 5.69 Å². The number of rotatable bonds is 7. The van der Waals surface area contributed by atoms with Crippen LogP contribution in [0.3, 0.4) is 0 Å². The van der Waals surface area contributed by atoms with E-state index in [1.54, 1.807) is 14.2 Å². The van der Waals surface area contributed by atoms with Crippen molar-refractivity contribution in [2.24, 2.45) is 0 Å². The van der Waals surface area contributed by atoms with Gasteiger partial charge in [0.05, 0.1) is 12.2 Å². The van der Waals surface area contributed by atoms with Crippen LogP contribution in [0.5, 0.6) is 0 Å². The summed E-state index contributed by atoms with van der Waals surface area (Å²) < 4.78 is 12.4. The Hall–Kier alpha value is -1.52. The number of nitrogens with zero attached hydrogens (tertiary/aromatic N) is 3. The Bertz CT molecular complexity index is 648. The largest absolute Gasteiger partial charge is 0.355 e. The van der Waals surface area contributed by atoms with Crippen LogP contribution in [0.15, 0.2) is 29.4 Å². The fourth-order valence-electron chi connectivity index (χ4n) is 1.89. The maximum atomic E-state index is 5.95.